The van der Waals surface area contributed by atoms with E-state index in [0.29, 0.717) is 0 Å². The molecule has 1 aromatic rings. The van der Waals surface area contributed by atoms with Crippen LogP contribution in [-0.2, 0) is 4.79 Å². The van der Waals surface area contributed by atoms with Crippen molar-refractivity contribution in [2.45, 2.75) is 19.8 Å². The summed E-state index contributed by atoms with van der Waals surface area (Å²) in [6.07, 6.45) is 4.87. The van der Waals surface area contributed by atoms with Crippen molar-refractivity contribution in [1.82, 2.24) is 0 Å². The van der Waals surface area contributed by atoms with Crippen LogP contribution < -0.4 is 5.32 Å². The lowest BCUT2D eigenvalue weighted by molar-refractivity contribution is -0.136. The third-order valence-corrected chi connectivity index (χ3v) is 2.81. The van der Waals surface area contributed by atoms with Gasteiger partial charge in [0.05, 0.1) is 6.42 Å². The highest BCUT2D eigenvalue weighted by molar-refractivity contribution is 5.77. The van der Waals surface area contributed by atoms with Crippen molar-refractivity contribution in [3.05, 3.63) is 47.2 Å². The third-order valence-electron chi connectivity index (χ3n) is 2.81. The SMILES string of the molecule is CCC1=C(CC(=O)O)Nc2ccccc2C=C1. The smallest absolute Gasteiger partial charge is 0.309 e. The van der Waals surface area contributed by atoms with Crippen LogP contribution in [0.2, 0.25) is 0 Å². The molecule has 2 rings (SSSR count). The van der Waals surface area contributed by atoms with Crippen LogP contribution >= 0.6 is 0 Å². The Kier molecular flexibility index (Phi) is 3.28. The number of hydrogen-bond acceptors (Lipinski definition) is 2. The van der Waals surface area contributed by atoms with Crippen LogP contribution in [0.25, 0.3) is 6.08 Å². The minimum absolute atomic E-state index is 0.0296. The number of hydrogen-bond donors (Lipinski definition) is 2. The van der Waals surface area contributed by atoms with Gasteiger partial charge in [-0.25, -0.2) is 0 Å². The van der Waals surface area contributed by atoms with E-state index in [0.717, 1.165) is 28.9 Å². The fourth-order valence-electron chi connectivity index (χ4n) is 1.93. The molecule has 0 saturated heterocycles. The largest absolute Gasteiger partial charge is 0.481 e. The Morgan fingerprint density at radius 3 is 2.76 bits per heavy atom. The van der Waals surface area contributed by atoms with E-state index in [9.17, 15) is 4.79 Å². The molecule has 0 aromatic heterocycles. The number of aliphatic carboxylic acids is 1. The molecule has 17 heavy (non-hydrogen) atoms. The van der Waals surface area contributed by atoms with Crippen LogP contribution in [0.15, 0.2) is 41.6 Å². The molecule has 0 atom stereocenters. The zero-order valence-corrected chi connectivity index (χ0v) is 9.73. The van der Waals surface area contributed by atoms with Crippen LogP contribution in [0, 0.1) is 0 Å². The standard InChI is InChI=1S/C14H15NO2/c1-2-10-7-8-11-5-3-4-6-12(11)15-13(10)9-14(16)17/h3-8,15H,2,9H2,1H3,(H,16,17). The van der Waals surface area contributed by atoms with E-state index in [2.05, 4.69) is 5.32 Å². The van der Waals surface area contributed by atoms with Gasteiger partial charge in [-0.05, 0) is 23.6 Å². The van der Waals surface area contributed by atoms with Gasteiger partial charge in [-0.3, -0.25) is 4.79 Å². The Hall–Kier alpha value is -2.03. The number of anilines is 1. The van der Waals surface area contributed by atoms with Crippen molar-refractivity contribution < 1.29 is 9.90 Å². The normalized spacial score (nSPS) is 13.9. The van der Waals surface area contributed by atoms with Gasteiger partial charge in [0.1, 0.15) is 0 Å². The number of para-hydroxylation sites is 1. The van der Waals surface area contributed by atoms with Crippen LogP contribution in [0.4, 0.5) is 5.69 Å². The molecular formula is C14H15NO2. The second-order valence-electron chi connectivity index (χ2n) is 3.97. The van der Waals surface area contributed by atoms with Gasteiger partial charge < -0.3 is 10.4 Å². The van der Waals surface area contributed by atoms with E-state index < -0.39 is 5.97 Å². The van der Waals surface area contributed by atoms with E-state index in [1.807, 2.05) is 43.3 Å². The van der Waals surface area contributed by atoms with Crippen LogP contribution in [-0.4, -0.2) is 11.1 Å². The van der Waals surface area contributed by atoms with Crippen molar-refractivity contribution in [1.29, 1.82) is 0 Å². The van der Waals surface area contributed by atoms with Crippen molar-refractivity contribution in [2.75, 3.05) is 5.32 Å². The number of fused-ring (bicyclic) bond motifs is 1. The number of benzene rings is 1. The average Bonchev–Trinajstić information content (AvgIpc) is 2.47. The highest BCUT2D eigenvalue weighted by Crippen LogP contribution is 2.26. The van der Waals surface area contributed by atoms with Crippen LogP contribution in [0.1, 0.15) is 25.3 Å². The molecule has 0 saturated carbocycles. The van der Waals surface area contributed by atoms with Crippen molar-refractivity contribution in [2.24, 2.45) is 0 Å². The molecule has 1 aromatic carbocycles. The van der Waals surface area contributed by atoms with Crippen LogP contribution in [0.5, 0.6) is 0 Å². The molecule has 3 heteroatoms. The summed E-state index contributed by atoms with van der Waals surface area (Å²) in [5.74, 6) is -0.814. The van der Waals surface area contributed by atoms with Crippen molar-refractivity contribution in [3.8, 4) is 0 Å². The molecule has 3 nitrogen and oxygen atoms in total. The van der Waals surface area contributed by atoms with Crippen molar-refractivity contribution in [3.63, 3.8) is 0 Å². The molecule has 0 radical (unpaired) electrons. The summed E-state index contributed by atoms with van der Waals surface area (Å²) in [5.41, 5.74) is 3.87. The molecular weight excluding hydrogens is 214 g/mol. The first-order valence-electron chi connectivity index (χ1n) is 5.68. The Morgan fingerprint density at radius 1 is 1.29 bits per heavy atom. The zero-order valence-electron chi connectivity index (χ0n) is 9.73. The van der Waals surface area contributed by atoms with E-state index >= 15 is 0 Å². The zero-order chi connectivity index (χ0) is 12.3. The van der Waals surface area contributed by atoms with Crippen LogP contribution in [0.3, 0.4) is 0 Å². The predicted octanol–water partition coefficient (Wildman–Crippen LogP) is 3.26. The quantitative estimate of drug-likeness (QED) is 0.836. The van der Waals surface area contributed by atoms with Gasteiger partial charge in [0.2, 0.25) is 0 Å². The van der Waals surface area contributed by atoms with Crippen molar-refractivity contribution >= 4 is 17.7 Å². The van der Waals surface area contributed by atoms with Gasteiger partial charge >= 0.3 is 5.97 Å². The molecule has 0 bridgehead atoms. The van der Waals surface area contributed by atoms with E-state index in [4.69, 9.17) is 5.11 Å². The Bertz CT molecular complexity index is 501. The predicted molar refractivity (Wildman–Crippen MR) is 68.7 cm³/mol. The molecule has 1 aliphatic heterocycles. The van der Waals surface area contributed by atoms with Gasteiger partial charge in [0, 0.05) is 11.4 Å². The van der Waals surface area contributed by atoms with Gasteiger partial charge in [0.25, 0.3) is 0 Å². The summed E-state index contributed by atoms with van der Waals surface area (Å²) in [5, 5.41) is 12.1. The summed E-state index contributed by atoms with van der Waals surface area (Å²) in [7, 11) is 0. The summed E-state index contributed by atoms with van der Waals surface area (Å²) in [6, 6.07) is 7.88. The molecule has 88 valence electrons. The Morgan fingerprint density at radius 2 is 2.06 bits per heavy atom. The number of allylic oxidation sites excluding steroid dienone is 2. The summed E-state index contributed by atoms with van der Waals surface area (Å²) in [4.78, 5) is 10.9. The molecule has 0 amide bonds. The van der Waals surface area contributed by atoms with Gasteiger partial charge in [-0.2, -0.15) is 0 Å². The lowest BCUT2D eigenvalue weighted by Gasteiger charge is -2.12. The van der Waals surface area contributed by atoms with E-state index in [1.54, 1.807) is 0 Å². The fraction of sp³-hybridized carbons (Fsp3) is 0.214. The highest BCUT2D eigenvalue weighted by atomic mass is 16.4. The summed E-state index contributed by atoms with van der Waals surface area (Å²) in [6.45, 7) is 2.03. The van der Waals surface area contributed by atoms with Gasteiger partial charge in [0.15, 0.2) is 0 Å². The monoisotopic (exact) mass is 229 g/mol. The first kappa shape index (κ1) is 11.5. The van der Waals surface area contributed by atoms with Gasteiger partial charge in [-0.15, -0.1) is 0 Å². The maximum Gasteiger partial charge on any atom is 0.309 e. The molecule has 1 aliphatic rings. The molecule has 1 heterocycles. The highest BCUT2D eigenvalue weighted by Gasteiger charge is 2.12. The lowest BCUT2D eigenvalue weighted by Crippen LogP contribution is -2.08. The number of carbonyl (C=O) groups is 1. The summed E-state index contributed by atoms with van der Waals surface area (Å²) < 4.78 is 0. The average molecular weight is 229 g/mol. The second kappa shape index (κ2) is 4.87. The number of carboxylic acid groups (broad SMARTS) is 1. The second-order valence-corrected chi connectivity index (χ2v) is 3.97. The topological polar surface area (TPSA) is 49.3 Å². The Labute approximate surface area is 100 Å². The number of carboxylic acids is 1. The number of rotatable bonds is 3. The Balaban J connectivity index is 2.40. The molecule has 0 fully saturated rings. The first-order valence-corrected chi connectivity index (χ1v) is 5.68. The maximum absolute atomic E-state index is 10.9. The molecule has 2 N–H and O–H groups in total. The maximum atomic E-state index is 10.9. The van der Waals surface area contributed by atoms with Gasteiger partial charge in [-0.1, -0.05) is 37.3 Å². The number of nitrogens with one attached hydrogen (secondary N) is 1. The first-order chi connectivity index (χ1) is 8.20. The fourth-order valence-corrected chi connectivity index (χ4v) is 1.93. The lowest BCUT2D eigenvalue weighted by atomic mass is 10.1. The van der Waals surface area contributed by atoms with E-state index in [-0.39, 0.29) is 6.42 Å². The molecule has 0 spiro atoms. The molecule has 0 aliphatic carbocycles. The molecule has 0 unspecified atom stereocenters. The minimum atomic E-state index is -0.814. The summed E-state index contributed by atoms with van der Waals surface area (Å²) >= 11 is 0. The third kappa shape index (κ3) is 2.56. The minimum Gasteiger partial charge on any atom is -0.481 e. The van der Waals surface area contributed by atoms with E-state index in [1.165, 1.54) is 0 Å².